The maximum absolute atomic E-state index is 12.0. The normalized spacial score (nSPS) is 10.5. The highest BCUT2D eigenvalue weighted by Crippen LogP contribution is 2.24. The van der Waals surface area contributed by atoms with E-state index in [4.69, 9.17) is 11.6 Å². The molecule has 1 heterocycles. The van der Waals surface area contributed by atoms with E-state index in [1.807, 2.05) is 47.8 Å². The molecule has 3 nitrogen and oxygen atoms in total. The van der Waals surface area contributed by atoms with Crippen LogP contribution in [0.15, 0.2) is 60.0 Å². The third-order valence-electron chi connectivity index (χ3n) is 3.33. The molecule has 1 amide bonds. The van der Waals surface area contributed by atoms with E-state index in [0.29, 0.717) is 23.6 Å². The molecule has 0 spiro atoms. The number of amides is 1. The molecule has 5 heteroatoms. The summed E-state index contributed by atoms with van der Waals surface area (Å²) in [6.45, 7) is 0.566. The second-order valence-electron chi connectivity index (χ2n) is 5.01. The lowest BCUT2D eigenvalue weighted by atomic mass is 10.2. The number of carbonyl (C=O) groups excluding carboxylic acids is 1. The van der Waals surface area contributed by atoms with Crippen LogP contribution in [0.5, 0.6) is 0 Å². The fourth-order valence-corrected chi connectivity index (χ4v) is 3.18. The average molecular weight is 343 g/mol. The second kappa shape index (κ2) is 7.40. The van der Waals surface area contributed by atoms with Crippen LogP contribution < -0.4 is 5.32 Å². The summed E-state index contributed by atoms with van der Waals surface area (Å²) >= 11 is 7.60. The third-order valence-corrected chi connectivity index (χ3v) is 4.48. The number of halogens is 1. The highest BCUT2D eigenvalue weighted by molar-refractivity contribution is 7.09. The van der Waals surface area contributed by atoms with Crippen molar-refractivity contribution in [2.75, 3.05) is 6.54 Å². The molecule has 0 radical (unpaired) electrons. The van der Waals surface area contributed by atoms with Crippen molar-refractivity contribution in [2.45, 2.75) is 6.42 Å². The molecule has 1 N–H and O–H groups in total. The summed E-state index contributed by atoms with van der Waals surface area (Å²) in [5, 5.41) is 6.62. The lowest BCUT2D eigenvalue weighted by Gasteiger charge is -2.03. The van der Waals surface area contributed by atoms with E-state index in [-0.39, 0.29) is 5.91 Å². The van der Waals surface area contributed by atoms with E-state index in [1.54, 1.807) is 23.5 Å². The molecule has 0 saturated heterocycles. The first-order chi connectivity index (χ1) is 11.2. The van der Waals surface area contributed by atoms with E-state index >= 15 is 0 Å². The fourth-order valence-electron chi connectivity index (χ4n) is 2.18. The predicted molar refractivity (Wildman–Crippen MR) is 95.0 cm³/mol. The Balaban J connectivity index is 1.57. The quantitative estimate of drug-likeness (QED) is 0.745. The van der Waals surface area contributed by atoms with Gasteiger partial charge < -0.3 is 5.32 Å². The van der Waals surface area contributed by atoms with Crippen molar-refractivity contribution in [3.8, 4) is 11.3 Å². The van der Waals surface area contributed by atoms with Crippen molar-refractivity contribution in [3.63, 3.8) is 0 Å². The largest absolute Gasteiger partial charge is 0.352 e. The number of rotatable bonds is 5. The second-order valence-corrected chi connectivity index (χ2v) is 6.39. The highest BCUT2D eigenvalue weighted by Gasteiger charge is 2.07. The first-order valence-electron chi connectivity index (χ1n) is 7.26. The average Bonchev–Trinajstić information content (AvgIpc) is 3.04. The van der Waals surface area contributed by atoms with Crippen LogP contribution in [0, 0.1) is 0 Å². The van der Waals surface area contributed by atoms with Gasteiger partial charge in [0.2, 0.25) is 0 Å². The van der Waals surface area contributed by atoms with Gasteiger partial charge in [0.05, 0.1) is 10.7 Å². The van der Waals surface area contributed by atoms with Crippen molar-refractivity contribution >= 4 is 28.8 Å². The first kappa shape index (κ1) is 15.7. The Morgan fingerprint density at radius 1 is 1.13 bits per heavy atom. The minimum absolute atomic E-state index is 0.0581. The topological polar surface area (TPSA) is 42.0 Å². The molecule has 116 valence electrons. The molecule has 3 aromatic rings. The van der Waals surface area contributed by atoms with Gasteiger partial charge in [0, 0.05) is 34.5 Å². The van der Waals surface area contributed by atoms with Crippen molar-refractivity contribution in [3.05, 3.63) is 75.6 Å². The Bertz CT molecular complexity index is 802. The lowest BCUT2D eigenvalue weighted by molar-refractivity contribution is 0.0954. The number of aromatic nitrogens is 1. The van der Waals surface area contributed by atoms with Gasteiger partial charge in [0.25, 0.3) is 5.91 Å². The fraction of sp³-hybridized carbons (Fsp3) is 0.111. The molecule has 0 saturated carbocycles. The number of nitrogens with zero attached hydrogens (tertiary/aromatic N) is 1. The first-order valence-corrected chi connectivity index (χ1v) is 8.52. The standard InChI is InChI=1S/C18H15ClN2OS/c19-15-8-4-7-14(11-15)16-12-23-17(21-16)9-10-20-18(22)13-5-2-1-3-6-13/h1-8,11-12H,9-10H2,(H,20,22). The molecular formula is C18H15ClN2OS. The van der Waals surface area contributed by atoms with Crippen LogP contribution in [0.2, 0.25) is 5.02 Å². The van der Waals surface area contributed by atoms with Crippen LogP contribution in [0.1, 0.15) is 15.4 Å². The summed E-state index contributed by atoms with van der Waals surface area (Å²) in [6, 6.07) is 16.9. The van der Waals surface area contributed by atoms with Crippen LogP contribution >= 0.6 is 22.9 Å². The molecule has 2 aromatic carbocycles. The zero-order chi connectivity index (χ0) is 16.1. The molecule has 0 bridgehead atoms. The summed E-state index contributed by atoms with van der Waals surface area (Å²) in [7, 11) is 0. The van der Waals surface area contributed by atoms with Gasteiger partial charge >= 0.3 is 0 Å². The number of hydrogen-bond acceptors (Lipinski definition) is 3. The highest BCUT2D eigenvalue weighted by atomic mass is 35.5. The zero-order valence-corrected chi connectivity index (χ0v) is 13.9. The van der Waals surface area contributed by atoms with Gasteiger partial charge in [0.1, 0.15) is 0 Å². The SMILES string of the molecule is O=C(NCCc1nc(-c2cccc(Cl)c2)cs1)c1ccccc1. The van der Waals surface area contributed by atoms with Crippen LogP contribution in [-0.4, -0.2) is 17.4 Å². The Morgan fingerprint density at radius 2 is 1.96 bits per heavy atom. The smallest absolute Gasteiger partial charge is 0.251 e. The Labute approximate surface area is 144 Å². The molecule has 0 fully saturated rings. The summed E-state index contributed by atoms with van der Waals surface area (Å²) in [5.74, 6) is -0.0581. The minimum atomic E-state index is -0.0581. The van der Waals surface area contributed by atoms with Gasteiger partial charge in [-0.05, 0) is 24.3 Å². The summed E-state index contributed by atoms with van der Waals surface area (Å²) in [5.41, 5.74) is 2.60. The molecule has 1 aromatic heterocycles. The number of hydrogen-bond donors (Lipinski definition) is 1. The molecule has 23 heavy (non-hydrogen) atoms. The van der Waals surface area contributed by atoms with Gasteiger partial charge in [-0.2, -0.15) is 0 Å². The van der Waals surface area contributed by atoms with Crippen molar-refractivity contribution in [1.82, 2.24) is 10.3 Å². The van der Waals surface area contributed by atoms with E-state index in [1.165, 1.54) is 0 Å². The zero-order valence-electron chi connectivity index (χ0n) is 12.3. The van der Waals surface area contributed by atoms with Gasteiger partial charge in [0.15, 0.2) is 0 Å². The predicted octanol–water partition coefficient (Wildman–Crippen LogP) is 4.44. The number of carbonyl (C=O) groups is 1. The number of thiazole rings is 1. The summed E-state index contributed by atoms with van der Waals surface area (Å²) in [4.78, 5) is 16.6. The summed E-state index contributed by atoms with van der Waals surface area (Å²) < 4.78 is 0. The van der Waals surface area contributed by atoms with Gasteiger partial charge in [-0.15, -0.1) is 11.3 Å². The third kappa shape index (κ3) is 4.18. The monoisotopic (exact) mass is 342 g/mol. The molecule has 0 unspecified atom stereocenters. The van der Waals surface area contributed by atoms with Crippen LogP contribution in [0.25, 0.3) is 11.3 Å². The van der Waals surface area contributed by atoms with E-state index < -0.39 is 0 Å². The lowest BCUT2D eigenvalue weighted by Crippen LogP contribution is -2.25. The number of nitrogens with one attached hydrogen (secondary N) is 1. The minimum Gasteiger partial charge on any atom is -0.352 e. The van der Waals surface area contributed by atoms with Gasteiger partial charge in [-0.3, -0.25) is 4.79 Å². The summed E-state index contributed by atoms with van der Waals surface area (Å²) in [6.07, 6.45) is 0.712. The van der Waals surface area contributed by atoms with Crippen LogP contribution in [-0.2, 0) is 6.42 Å². The van der Waals surface area contributed by atoms with Crippen molar-refractivity contribution < 1.29 is 4.79 Å². The maximum atomic E-state index is 12.0. The molecule has 0 aliphatic heterocycles. The molecule has 0 aliphatic carbocycles. The van der Waals surface area contributed by atoms with Crippen LogP contribution in [0.3, 0.4) is 0 Å². The van der Waals surface area contributed by atoms with Crippen molar-refractivity contribution in [1.29, 1.82) is 0 Å². The maximum Gasteiger partial charge on any atom is 0.251 e. The Hall–Kier alpha value is -2.17. The molecule has 0 aliphatic rings. The van der Waals surface area contributed by atoms with Gasteiger partial charge in [-0.1, -0.05) is 41.9 Å². The van der Waals surface area contributed by atoms with E-state index in [9.17, 15) is 4.79 Å². The molecule has 0 atom stereocenters. The molecule has 3 rings (SSSR count). The number of benzene rings is 2. The van der Waals surface area contributed by atoms with E-state index in [0.717, 1.165) is 16.3 Å². The van der Waals surface area contributed by atoms with Crippen molar-refractivity contribution in [2.24, 2.45) is 0 Å². The Morgan fingerprint density at radius 3 is 2.74 bits per heavy atom. The molecular weight excluding hydrogens is 328 g/mol. The van der Waals surface area contributed by atoms with Gasteiger partial charge in [-0.25, -0.2) is 4.98 Å². The van der Waals surface area contributed by atoms with E-state index in [2.05, 4.69) is 10.3 Å². The Kier molecular flexibility index (Phi) is 5.05. The van der Waals surface area contributed by atoms with Crippen LogP contribution in [0.4, 0.5) is 0 Å².